The van der Waals surface area contributed by atoms with Crippen molar-refractivity contribution in [2.45, 2.75) is 31.7 Å². The average molecular weight is 274 g/mol. The van der Waals surface area contributed by atoms with Gasteiger partial charge in [-0.25, -0.2) is 4.98 Å². The number of aliphatic carboxylic acids is 1. The van der Waals surface area contributed by atoms with Gasteiger partial charge in [-0.2, -0.15) is 0 Å². The summed E-state index contributed by atoms with van der Waals surface area (Å²) in [4.78, 5) is 16.0. The number of aliphatic hydroxyl groups is 1. The Bertz CT molecular complexity index is 635. The molecule has 2 N–H and O–H groups in total. The predicted octanol–water partition coefficient (Wildman–Crippen LogP) is 2.00. The lowest BCUT2D eigenvalue weighted by Gasteiger charge is -2.17. The maximum absolute atomic E-state index is 11.4. The van der Waals surface area contributed by atoms with E-state index in [0.717, 1.165) is 29.7 Å². The number of rotatable bonds is 4. The highest BCUT2D eigenvalue weighted by molar-refractivity contribution is 5.77. The van der Waals surface area contributed by atoms with Gasteiger partial charge in [-0.05, 0) is 25.0 Å². The number of para-hydroxylation sites is 2. The van der Waals surface area contributed by atoms with Crippen molar-refractivity contribution in [3.8, 4) is 0 Å². The first-order valence-corrected chi connectivity index (χ1v) is 7.01. The van der Waals surface area contributed by atoms with Crippen LogP contribution >= 0.6 is 0 Å². The molecule has 1 aromatic heterocycles. The molecule has 0 radical (unpaired) electrons. The Morgan fingerprint density at radius 2 is 2.15 bits per heavy atom. The van der Waals surface area contributed by atoms with Crippen molar-refractivity contribution < 1.29 is 15.0 Å². The smallest absolute Gasteiger partial charge is 0.307 e. The summed E-state index contributed by atoms with van der Waals surface area (Å²) in [6, 6.07) is 7.75. The van der Waals surface area contributed by atoms with Crippen LogP contribution < -0.4 is 0 Å². The summed E-state index contributed by atoms with van der Waals surface area (Å²) >= 11 is 0. The van der Waals surface area contributed by atoms with Crippen LogP contribution in [0.3, 0.4) is 0 Å². The number of aromatic nitrogens is 2. The van der Waals surface area contributed by atoms with E-state index in [1.54, 1.807) is 0 Å². The van der Waals surface area contributed by atoms with Crippen molar-refractivity contribution in [3.63, 3.8) is 0 Å². The molecule has 0 amide bonds. The minimum absolute atomic E-state index is 0.0256. The lowest BCUT2D eigenvalue weighted by atomic mass is 9.95. The second kappa shape index (κ2) is 5.25. The van der Waals surface area contributed by atoms with Crippen LogP contribution in [0.4, 0.5) is 0 Å². The average Bonchev–Trinajstić information content (AvgIpc) is 3.04. The van der Waals surface area contributed by atoms with Gasteiger partial charge < -0.3 is 14.8 Å². The zero-order valence-corrected chi connectivity index (χ0v) is 11.2. The van der Waals surface area contributed by atoms with Crippen molar-refractivity contribution in [2.24, 2.45) is 5.92 Å². The number of hydrogen-bond donors (Lipinski definition) is 2. The van der Waals surface area contributed by atoms with Crippen molar-refractivity contribution >= 4 is 17.0 Å². The zero-order valence-electron chi connectivity index (χ0n) is 11.2. The number of carboxylic acid groups (broad SMARTS) is 1. The lowest BCUT2D eigenvalue weighted by Crippen LogP contribution is -2.20. The Kier molecular flexibility index (Phi) is 3.44. The Balaban J connectivity index is 2.10. The number of carbonyl (C=O) groups is 1. The summed E-state index contributed by atoms with van der Waals surface area (Å²) < 4.78 is 1.97. The molecule has 1 aliphatic carbocycles. The maximum Gasteiger partial charge on any atom is 0.307 e. The van der Waals surface area contributed by atoms with Crippen LogP contribution in [0.25, 0.3) is 11.0 Å². The Morgan fingerprint density at radius 3 is 2.90 bits per heavy atom. The van der Waals surface area contributed by atoms with Gasteiger partial charge in [0.1, 0.15) is 5.82 Å². The highest BCUT2D eigenvalue weighted by atomic mass is 16.4. The molecule has 2 aromatic rings. The molecule has 0 bridgehead atoms. The van der Waals surface area contributed by atoms with Crippen molar-refractivity contribution in [1.82, 2.24) is 9.55 Å². The van der Waals surface area contributed by atoms with Crippen molar-refractivity contribution in [1.29, 1.82) is 0 Å². The molecule has 1 fully saturated rings. The number of imidazole rings is 1. The topological polar surface area (TPSA) is 75.3 Å². The van der Waals surface area contributed by atoms with Gasteiger partial charge in [-0.15, -0.1) is 0 Å². The fourth-order valence-electron chi connectivity index (χ4n) is 3.28. The van der Waals surface area contributed by atoms with E-state index < -0.39 is 5.97 Å². The number of hydrogen-bond acceptors (Lipinski definition) is 3. The van der Waals surface area contributed by atoms with E-state index >= 15 is 0 Å². The van der Waals surface area contributed by atoms with Gasteiger partial charge in [0.15, 0.2) is 0 Å². The van der Waals surface area contributed by atoms with Gasteiger partial charge in [0.05, 0.1) is 23.6 Å². The largest absolute Gasteiger partial charge is 0.481 e. The summed E-state index contributed by atoms with van der Waals surface area (Å²) in [7, 11) is 0. The molecular formula is C15H18N2O3. The van der Waals surface area contributed by atoms with Gasteiger partial charge in [-0.1, -0.05) is 18.6 Å². The van der Waals surface area contributed by atoms with E-state index in [9.17, 15) is 15.0 Å². The van der Waals surface area contributed by atoms with Gasteiger partial charge in [0, 0.05) is 12.5 Å². The van der Waals surface area contributed by atoms with Gasteiger partial charge in [0.25, 0.3) is 0 Å². The summed E-state index contributed by atoms with van der Waals surface area (Å²) in [5, 5.41) is 18.6. The SMILES string of the molecule is O=C(O)C1CCCC1c1nc2ccccc2n1CCO. The molecular weight excluding hydrogens is 256 g/mol. The van der Waals surface area contributed by atoms with Crippen LogP contribution in [-0.2, 0) is 11.3 Å². The fourth-order valence-corrected chi connectivity index (χ4v) is 3.28. The molecule has 1 aromatic carbocycles. The molecule has 2 unspecified atom stereocenters. The number of benzene rings is 1. The molecule has 5 heteroatoms. The molecule has 0 saturated heterocycles. The molecule has 3 rings (SSSR count). The molecule has 1 aliphatic rings. The third-order valence-electron chi connectivity index (χ3n) is 4.17. The summed E-state index contributed by atoms with van der Waals surface area (Å²) in [5.74, 6) is -0.337. The molecule has 1 heterocycles. The second-order valence-electron chi connectivity index (χ2n) is 5.32. The minimum Gasteiger partial charge on any atom is -0.481 e. The van der Waals surface area contributed by atoms with E-state index in [1.165, 1.54) is 0 Å². The quantitative estimate of drug-likeness (QED) is 0.894. The monoisotopic (exact) mass is 274 g/mol. The third kappa shape index (κ3) is 2.08. The zero-order chi connectivity index (χ0) is 14.1. The van der Waals surface area contributed by atoms with Gasteiger partial charge in [-0.3, -0.25) is 4.79 Å². The van der Waals surface area contributed by atoms with E-state index in [0.29, 0.717) is 13.0 Å². The highest BCUT2D eigenvalue weighted by Gasteiger charge is 2.37. The van der Waals surface area contributed by atoms with Crippen LogP contribution in [0.2, 0.25) is 0 Å². The van der Waals surface area contributed by atoms with Crippen LogP contribution in [0.5, 0.6) is 0 Å². The third-order valence-corrected chi connectivity index (χ3v) is 4.17. The Labute approximate surface area is 116 Å². The summed E-state index contributed by atoms with van der Waals surface area (Å²) in [6.45, 7) is 0.483. The molecule has 20 heavy (non-hydrogen) atoms. The molecule has 0 aliphatic heterocycles. The first kappa shape index (κ1) is 13.1. The maximum atomic E-state index is 11.4. The van der Waals surface area contributed by atoms with Crippen LogP contribution in [0, 0.1) is 5.92 Å². The number of aliphatic hydroxyl groups excluding tert-OH is 1. The molecule has 106 valence electrons. The van der Waals surface area contributed by atoms with Crippen LogP contribution in [-0.4, -0.2) is 32.3 Å². The van der Waals surface area contributed by atoms with Gasteiger partial charge in [0.2, 0.25) is 0 Å². The van der Waals surface area contributed by atoms with E-state index in [-0.39, 0.29) is 18.4 Å². The standard InChI is InChI=1S/C15H18N2O3/c18-9-8-17-13-7-2-1-6-12(13)16-14(17)10-4-3-5-11(10)15(19)20/h1-2,6-7,10-11,18H,3-5,8-9H2,(H,19,20). The molecule has 1 saturated carbocycles. The summed E-state index contributed by atoms with van der Waals surface area (Å²) in [5.41, 5.74) is 1.83. The first-order valence-electron chi connectivity index (χ1n) is 7.01. The van der Waals surface area contributed by atoms with Crippen LogP contribution in [0.1, 0.15) is 31.0 Å². The van der Waals surface area contributed by atoms with Crippen molar-refractivity contribution in [3.05, 3.63) is 30.1 Å². The first-order chi connectivity index (χ1) is 9.72. The molecule has 5 nitrogen and oxygen atoms in total. The van der Waals surface area contributed by atoms with Crippen LogP contribution in [0.15, 0.2) is 24.3 Å². The normalized spacial score (nSPS) is 22.4. The summed E-state index contributed by atoms with van der Waals surface area (Å²) in [6.07, 6.45) is 2.48. The molecule has 2 atom stereocenters. The lowest BCUT2D eigenvalue weighted by molar-refractivity contribution is -0.142. The second-order valence-corrected chi connectivity index (χ2v) is 5.32. The minimum atomic E-state index is -0.741. The molecule has 0 spiro atoms. The van der Waals surface area contributed by atoms with Gasteiger partial charge >= 0.3 is 5.97 Å². The van der Waals surface area contributed by atoms with E-state index in [4.69, 9.17) is 0 Å². The number of nitrogens with zero attached hydrogens (tertiary/aromatic N) is 2. The van der Waals surface area contributed by atoms with E-state index in [1.807, 2.05) is 28.8 Å². The highest BCUT2D eigenvalue weighted by Crippen LogP contribution is 2.40. The number of carboxylic acids is 1. The number of fused-ring (bicyclic) bond motifs is 1. The van der Waals surface area contributed by atoms with E-state index in [2.05, 4.69) is 4.98 Å². The fraction of sp³-hybridized carbons (Fsp3) is 0.467. The Morgan fingerprint density at radius 1 is 1.35 bits per heavy atom. The predicted molar refractivity (Wildman–Crippen MR) is 74.5 cm³/mol. The Hall–Kier alpha value is -1.88. The van der Waals surface area contributed by atoms with Crippen molar-refractivity contribution in [2.75, 3.05) is 6.61 Å².